The van der Waals surface area contributed by atoms with Gasteiger partial charge in [-0.3, -0.25) is 4.52 Å². The first kappa shape index (κ1) is 12.6. The number of rotatable bonds is 3. The molecule has 1 fully saturated rings. The average Bonchev–Trinajstić information content (AvgIpc) is 2.28. The summed E-state index contributed by atoms with van der Waals surface area (Å²) < 4.78 is 19.5. The Morgan fingerprint density at radius 2 is 2.14 bits per heavy atom. The molecule has 14 heavy (non-hydrogen) atoms. The molecule has 0 bridgehead atoms. The fraction of sp³-hybridized carbons (Fsp3) is 1.00. The van der Waals surface area contributed by atoms with Crippen molar-refractivity contribution in [2.75, 3.05) is 6.61 Å². The molecule has 0 aromatic heterocycles. The maximum atomic E-state index is 10.3. The van der Waals surface area contributed by atoms with Crippen molar-refractivity contribution in [2.45, 2.75) is 23.0 Å². The van der Waals surface area contributed by atoms with Gasteiger partial charge in [-0.05, 0) is 0 Å². The average molecular weight is 287 g/mol. The van der Waals surface area contributed by atoms with Crippen LogP contribution in [0.5, 0.6) is 0 Å². The van der Waals surface area contributed by atoms with Crippen molar-refractivity contribution >= 4 is 31.6 Å². The topological polar surface area (TPSA) is 96.2 Å². The maximum absolute atomic E-state index is 10.3. The second kappa shape index (κ2) is 4.61. The Labute approximate surface area is 90.4 Å². The van der Waals surface area contributed by atoms with Gasteiger partial charge < -0.3 is 19.6 Å². The van der Waals surface area contributed by atoms with Gasteiger partial charge in [-0.25, -0.2) is 4.57 Å². The smallest absolute Gasteiger partial charge is 0.389 e. The third-order valence-corrected chi connectivity index (χ3v) is 3.31. The van der Waals surface area contributed by atoms with Gasteiger partial charge in [0.25, 0.3) is 0 Å². The zero-order valence-electron chi connectivity index (χ0n) is 6.99. The van der Waals surface area contributed by atoms with E-state index in [0.717, 1.165) is 0 Å². The van der Waals surface area contributed by atoms with Crippen LogP contribution in [0.15, 0.2) is 0 Å². The molecule has 0 aromatic carbocycles. The molecule has 0 saturated carbocycles. The number of phosphoric ester groups is 1. The number of alkyl halides is 1. The molecule has 0 aliphatic carbocycles. The summed E-state index contributed by atoms with van der Waals surface area (Å²) in [6, 6.07) is -0.713. The van der Waals surface area contributed by atoms with Gasteiger partial charge in [-0.15, -0.1) is 0 Å². The largest absolute Gasteiger partial charge is 0.469 e. The van der Waals surface area contributed by atoms with E-state index in [4.69, 9.17) is 22.4 Å². The Kier molecular flexibility index (Phi) is 4.16. The Morgan fingerprint density at radius 1 is 1.57 bits per heavy atom. The Balaban J connectivity index is 2.44. The van der Waals surface area contributed by atoms with Crippen LogP contribution in [0.4, 0.5) is 0 Å². The Morgan fingerprint density at radius 3 is 2.50 bits per heavy atom. The van der Waals surface area contributed by atoms with Crippen molar-refractivity contribution in [1.29, 1.82) is 0 Å². The molecule has 6 nitrogen and oxygen atoms in total. The number of aliphatic hydroxyl groups is 1. The number of hydrogen-bond donors (Lipinski definition) is 3. The van der Waals surface area contributed by atoms with E-state index < -0.39 is 37.5 Å². The maximum Gasteiger partial charge on any atom is 0.469 e. The molecule has 1 heterocycles. The van der Waals surface area contributed by atoms with E-state index in [1.54, 1.807) is 0 Å². The number of halogens is 1. The van der Waals surface area contributed by atoms with Crippen molar-refractivity contribution in [3.63, 3.8) is 0 Å². The highest BCUT2D eigenvalue weighted by atomic mass is 79.9. The number of aliphatic hydroxyl groups excluding tert-OH is 1. The lowest BCUT2D eigenvalue weighted by Crippen LogP contribution is -2.30. The third-order valence-electron chi connectivity index (χ3n) is 1.76. The fourth-order valence-corrected chi connectivity index (χ4v) is 1.87. The van der Waals surface area contributed by atoms with Gasteiger partial charge in [-0.2, -0.15) is 0 Å². The molecule has 1 aliphatic heterocycles. The predicted molar refractivity (Wildman–Crippen MR) is 51.1 cm³/mol. The highest BCUT2D eigenvalue weighted by molar-refractivity contribution is 9.09. The van der Waals surface area contributed by atoms with Crippen molar-refractivity contribution in [2.24, 2.45) is 0 Å². The minimum atomic E-state index is -4.53. The number of hydrogen-bond acceptors (Lipinski definition) is 4. The number of phosphoric acid groups is 1. The van der Waals surface area contributed by atoms with Crippen molar-refractivity contribution in [1.82, 2.24) is 0 Å². The molecular formula is C5H9BBrO6P. The van der Waals surface area contributed by atoms with E-state index in [2.05, 4.69) is 20.5 Å². The van der Waals surface area contributed by atoms with E-state index in [9.17, 15) is 9.67 Å². The van der Waals surface area contributed by atoms with E-state index in [1.807, 2.05) is 0 Å². The highest BCUT2D eigenvalue weighted by Gasteiger charge is 2.40. The first-order valence-corrected chi connectivity index (χ1v) is 6.19. The molecule has 1 aliphatic rings. The minimum Gasteiger partial charge on any atom is -0.389 e. The first-order chi connectivity index (χ1) is 6.31. The summed E-state index contributed by atoms with van der Waals surface area (Å²) in [6.45, 7) is -0.402. The van der Waals surface area contributed by atoms with E-state index >= 15 is 0 Å². The van der Waals surface area contributed by atoms with Crippen LogP contribution >= 0.6 is 23.8 Å². The predicted octanol–water partition coefficient (Wildman–Crippen LogP) is -0.887. The summed E-state index contributed by atoms with van der Waals surface area (Å²) in [4.78, 5) is 16.3. The normalized spacial score (nSPS) is 38.9. The van der Waals surface area contributed by atoms with Crippen LogP contribution in [-0.2, 0) is 13.8 Å². The van der Waals surface area contributed by atoms with E-state index in [1.165, 1.54) is 0 Å². The lowest BCUT2D eigenvalue weighted by molar-refractivity contribution is -0.00412. The molecule has 9 heteroatoms. The van der Waals surface area contributed by atoms with Gasteiger partial charge >= 0.3 is 7.82 Å². The van der Waals surface area contributed by atoms with Gasteiger partial charge in [0, 0.05) is 6.00 Å². The van der Waals surface area contributed by atoms with Gasteiger partial charge in [0.2, 0.25) is 0 Å². The van der Waals surface area contributed by atoms with Crippen molar-refractivity contribution < 1.29 is 28.7 Å². The molecule has 0 spiro atoms. The molecule has 1 saturated heterocycles. The molecule has 0 unspecified atom stereocenters. The summed E-state index contributed by atoms with van der Waals surface area (Å²) in [6.07, 6.45) is -1.78. The van der Waals surface area contributed by atoms with Crippen molar-refractivity contribution in [3.05, 3.63) is 0 Å². The molecule has 1 rings (SSSR count). The molecule has 0 aromatic rings. The van der Waals surface area contributed by atoms with Crippen LogP contribution < -0.4 is 0 Å². The van der Waals surface area contributed by atoms with Crippen LogP contribution in [-0.4, -0.2) is 52.4 Å². The SMILES string of the molecule is [B][C@@H]1O[C@H](COP(=O)(O)O)[C@@H](O)[C@H]1Br. The van der Waals surface area contributed by atoms with Crippen LogP contribution in [0.2, 0.25) is 0 Å². The standard InChI is InChI=1S/C5H9BBrO6P/c6-5-3(7)4(8)2(13-5)1-12-14(9,10)11/h2-5,8H,1H2,(H2,9,10,11)/t2-,3-,4-,5-/m1/s1. The quantitative estimate of drug-likeness (QED) is 0.354. The Bertz CT molecular complexity index is 246. The molecule has 3 N–H and O–H groups in total. The second-order valence-corrected chi connectivity index (χ2v) is 5.16. The molecule has 0 amide bonds. The Hall–Kier alpha value is 0.575. The molecule has 4 atom stereocenters. The lowest BCUT2D eigenvalue weighted by Gasteiger charge is -2.14. The first-order valence-electron chi connectivity index (χ1n) is 3.74. The monoisotopic (exact) mass is 286 g/mol. The zero-order chi connectivity index (χ0) is 10.9. The van der Waals surface area contributed by atoms with E-state index in [-0.39, 0.29) is 0 Å². The summed E-state index contributed by atoms with van der Waals surface area (Å²) >= 11 is 3.08. The van der Waals surface area contributed by atoms with Gasteiger partial charge in [0.05, 0.1) is 17.5 Å². The van der Waals surface area contributed by atoms with Crippen LogP contribution in [0.3, 0.4) is 0 Å². The fourth-order valence-electron chi connectivity index (χ4n) is 1.07. The zero-order valence-corrected chi connectivity index (χ0v) is 9.47. The highest BCUT2D eigenvalue weighted by Crippen LogP contribution is 2.37. The summed E-state index contributed by atoms with van der Waals surface area (Å²) in [5.74, 6) is 0. The lowest BCUT2D eigenvalue weighted by atomic mass is 9.96. The number of ether oxygens (including phenoxy) is 1. The van der Waals surface area contributed by atoms with Gasteiger partial charge in [0.15, 0.2) is 0 Å². The minimum absolute atomic E-state index is 0.402. The molecular weight excluding hydrogens is 278 g/mol. The third kappa shape index (κ3) is 3.31. The molecule has 80 valence electrons. The van der Waals surface area contributed by atoms with Crippen LogP contribution in [0.25, 0.3) is 0 Å². The van der Waals surface area contributed by atoms with Crippen LogP contribution in [0.1, 0.15) is 0 Å². The van der Waals surface area contributed by atoms with Gasteiger partial charge in [-0.1, -0.05) is 15.9 Å². The summed E-state index contributed by atoms with van der Waals surface area (Å²) in [5.41, 5.74) is 0. The van der Waals surface area contributed by atoms with E-state index in [0.29, 0.717) is 0 Å². The molecule has 2 radical (unpaired) electrons. The van der Waals surface area contributed by atoms with Gasteiger partial charge in [0.1, 0.15) is 14.0 Å². The summed E-state index contributed by atoms with van der Waals surface area (Å²) in [5, 5.41) is 9.44. The van der Waals surface area contributed by atoms with Crippen molar-refractivity contribution in [3.8, 4) is 0 Å². The summed E-state index contributed by atoms with van der Waals surface area (Å²) in [7, 11) is 0.888. The second-order valence-electron chi connectivity index (χ2n) is 2.86. The van der Waals surface area contributed by atoms with Crippen LogP contribution in [0, 0.1) is 0 Å².